The van der Waals surface area contributed by atoms with Crippen molar-refractivity contribution in [2.45, 2.75) is 13.3 Å². The van der Waals surface area contributed by atoms with Crippen LogP contribution in [0.25, 0.3) is 10.4 Å². The van der Waals surface area contributed by atoms with Gasteiger partial charge in [-0.25, -0.2) is 5.48 Å². The van der Waals surface area contributed by atoms with E-state index in [0.717, 1.165) is 17.5 Å². The number of carbonyl (C=O) groups excluding carboxylic acids is 1. The predicted octanol–water partition coefficient (Wildman–Crippen LogP) is 3.10. The zero-order valence-electron chi connectivity index (χ0n) is 9.43. The molecule has 1 aromatic heterocycles. The molecule has 0 bridgehead atoms. The van der Waals surface area contributed by atoms with Gasteiger partial charge in [0.05, 0.1) is 0 Å². The maximum Gasteiger partial charge on any atom is 0.274 e. The van der Waals surface area contributed by atoms with Gasteiger partial charge in [0, 0.05) is 10.4 Å². The van der Waals surface area contributed by atoms with Crippen molar-refractivity contribution in [3.63, 3.8) is 0 Å². The lowest BCUT2D eigenvalue weighted by molar-refractivity contribution is 0.0705. The molecule has 0 saturated carbocycles. The standard InChI is InChI=1S/C13H13NO2S/c1-2-9-8-10(12-4-3-7-17-12)5-6-11(9)13(15)14-16/h3-8,16H,2H2,1H3,(H,14,15). The Labute approximate surface area is 104 Å². The summed E-state index contributed by atoms with van der Waals surface area (Å²) >= 11 is 1.67. The molecule has 0 aliphatic rings. The first-order valence-electron chi connectivity index (χ1n) is 5.37. The molecule has 1 heterocycles. The molecule has 0 aliphatic heterocycles. The van der Waals surface area contributed by atoms with Gasteiger partial charge in [0.25, 0.3) is 5.91 Å². The minimum Gasteiger partial charge on any atom is -0.288 e. The zero-order valence-corrected chi connectivity index (χ0v) is 10.3. The van der Waals surface area contributed by atoms with Gasteiger partial charge in [0.2, 0.25) is 0 Å². The van der Waals surface area contributed by atoms with Gasteiger partial charge in [-0.3, -0.25) is 10.0 Å². The number of nitrogens with one attached hydrogen (secondary N) is 1. The molecule has 0 unspecified atom stereocenters. The maximum atomic E-state index is 11.4. The van der Waals surface area contributed by atoms with Crippen LogP contribution in [0.1, 0.15) is 22.8 Å². The molecule has 0 saturated heterocycles. The summed E-state index contributed by atoms with van der Waals surface area (Å²) in [5, 5.41) is 10.7. The van der Waals surface area contributed by atoms with Gasteiger partial charge in [0.15, 0.2) is 0 Å². The van der Waals surface area contributed by atoms with Crippen LogP contribution in [0.4, 0.5) is 0 Å². The van der Waals surface area contributed by atoms with Crippen molar-refractivity contribution in [1.82, 2.24) is 5.48 Å². The third kappa shape index (κ3) is 2.38. The van der Waals surface area contributed by atoms with Crippen LogP contribution in [0.15, 0.2) is 35.7 Å². The molecule has 4 heteroatoms. The van der Waals surface area contributed by atoms with Crippen LogP contribution in [0.3, 0.4) is 0 Å². The van der Waals surface area contributed by atoms with Crippen LogP contribution in [0, 0.1) is 0 Å². The van der Waals surface area contributed by atoms with Crippen molar-refractivity contribution in [2.24, 2.45) is 0 Å². The second-order valence-electron chi connectivity index (χ2n) is 3.64. The van der Waals surface area contributed by atoms with Crippen LogP contribution < -0.4 is 5.48 Å². The van der Waals surface area contributed by atoms with Crippen LogP contribution in [-0.2, 0) is 6.42 Å². The number of benzene rings is 1. The quantitative estimate of drug-likeness (QED) is 0.646. The van der Waals surface area contributed by atoms with Gasteiger partial charge < -0.3 is 0 Å². The van der Waals surface area contributed by atoms with Crippen LogP contribution in [0.2, 0.25) is 0 Å². The Balaban J connectivity index is 2.44. The van der Waals surface area contributed by atoms with Crippen molar-refractivity contribution in [3.05, 3.63) is 46.8 Å². The average molecular weight is 247 g/mol. The van der Waals surface area contributed by atoms with Crippen molar-refractivity contribution in [3.8, 4) is 10.4 Å². The van der Waals surface area contributed by atoms with Crippen LogP contribution in [-0.4, -0.2) is 11.1 Å². The highest BCUT2D eigenvalue weighted by Crippen LogP contribution is 2.27. The van der Waals surface area contributed by atoms with Crippen LogP contribution in [0.5, 0.6) is 0 Å². The molecule has 3 nitrogen and oxygen atoms in total. The topological polar surface area (TPSA) is 49.3 Å². The summed E-state index contributed by atoms with van der Waals surface area (Å²) in [5.74, 6) is -0.459. The number of amides is 1. The van der Waals surface area contributed by atoms with E-state index in [-0.39, 0.29) is 0 Å². The lowest BCUT2D eigenvalue weighted by atomic mass is 10.0. The molecule has 0 spiro atoms. The predicted molar refractivity (Wildman–Crippen MR) is 68.4 cm³/mol. The molecule has 2 N–H and O–H groups in total. The first-order valence-corrected chi connectivity index (χ1v) is 6.25. The third-order valence-corrected chi connectivity index (χ3v) is 3.56. The summed E-state index contributed by atoms with van der Waals surface area (Å²) in [7, 11) is 0. The van der Waals surface area contributed by atoms with E-state index in [9.17, 15) is 4.79 Å². The van der Waals surface area contributed by atoms with Gasteiger partial charge in [-0.05, 0) is 41.1 Å². The molecule has 0 fully saturated rings. The van der Waals surface area contributed by atoms with E-state index in [1.54, 1.807) is 22.9 Å². The summed E-state index contributed by atoms with van der Waals surface area (Å²) in [6.07, 6.45) is 0.752. The monoisotopic (exact) mass is 247 g/mol. The Bertz CT molecular complexity index is 520. The smallest absolute Gasteiger partial charge is 0.274 e. The Morgan fingerprint density at radius 3 is 2.82 bits per heavy atom. The fraction of sp³-hybridized carbons (Fsp3) is 0.154. The molecular weight excluding hydrogens is 234 g/mol. The molecule has 17 heavy (non-hydrogen) atoms. The van der Waals surface area contributed by atoms with Gasteiger partial charge in [-0.15, -0.1) is 11.3 Å². The van der Waals surface area contributed by atoms with Crippen molar-refractivity contribution in [2.75, 3.05) is 0 Å². The molecule has 0 aliphatic carbocycles. The number of thiophene rings is 1. The van der Waals surface area contributed by atoms with E-state index in [0.29, 0.717) is 5.56 Å². The number of hydrogen-bond acceptors (Lipinski definition) is 3. The first-order chi connectivity index (χ1) is 8.26. The fourth-order valence-electron chi connectivity index (χ4n) is 1.76. The Hall–Kier alpha value is -1.65. The van der Waals surface area contributed by atoms with Gasteiger partial charge in [0.1, 0.15) is 0 Å². The zero-order chi connectivity index (χ0) is 12.3. The number of carbonyl (C=O) groups is 1. The largest absolute Gasteiger partial charge is 0.288 e. The molecule has 2 rings (SSSR count). The fourth-order valence-corrected chi connectivity index (χ4v) is 2.49. The lowest BCUT2D eigenvalue weighted by Gasteiger charge is -2.08. The number of hydroxylamine groups is 1. The highest BCUT2D eigenvalue weighted by atomic mass is 32.1. The highest BCUT2D eigenvalue weighted by molar-refractivity contribution is 7.13. The summed E-state index contributed by atoms with van der Waals surface area (Å²) in [5.41, 5.74) is 4.23. The molecule has 88 valence electrons. The summed E-state index contributed by atoms with van der Waals surface area (Å²) in [6, 6.07) is 9.69. The lowest BCUT2D eigenvalue weighted by Crippen LogP contribution is -2.20. The van der Waals surface area contributed by atoms with E-state index < -0.39 is 5.91 Å². The summed E-state index contributed by atoms with van der Waals surface area (Å²) in [6.45, 7) is 1.99. The van der Waals surface area contributed by atoms with E-state index in [1.807, 2.05) is 36.6 Å². The highest BCUT2D eigenvalue weighted by Gasteiger charge is 2.10. The first kappa shape index (κ1) is 11.8. The Kier molecular flexibility index (Phi) is 3.56. The maximum absolute atomic E-state index is 11.4. The summed E-state index contributed by atoms with van der Waals surface area (Å²) < 4.78 is 0. The third-order valence-electron chi connectivity index (χ3n) is 2.64. The molecule has 0 atom stereocenters. The number of rotatable bonds is 3. The molecule has 1 amide bonds. The summed E-state index contributed by atoms with van der Waals surface area (Å²) in [4.78, 5) is 12.6. The van der Waals surface area contributed by atoms with Crippen molar-refractivity contribution in [1.29, 1.82) is 0 Å². The molecule has 1 aromatic carbocycles. The number of hydrogen-bond donors (Lipinski definition) is 2. The Morgan fingerprint density at radius 1 is 1.41 bits per heavy atom. The van der Waals surface area contributed by atoms with E-state index >= 15 is 0 Å². The van der Waals surface area contributed by atoms with Crippen LogP contribution >= 0.6 is 11.3 Å². The van der Waals surface area contributed by atoms with Crippen molar-refractivity contribution < 1.29 is 10.0 Å². The second kappa shape index (κ2) is 5.12. The average Bonchev–Trinajstić information content (AvgIpc) is 2.91. The second-order valence-corrected chi connectivity index (χ2v) is 4.59. The number of aryl methyl sites for hydroxylation is 1. The normalized spacial score (nSPS) is 10.2. The molecule has 2 aromatic rings. The van der Waals surface area contributed by atoms with E-state index in [1.165, 1.54) is 4.88 Å². The SMILES string of the molecule is CCc1cc(-c2cccs2)ccc1C(=O)NO. The molecular formula is C13H13NO2S. The van der Waals surface area contributed by atoms with Crippen molar-refractivity contribution >= 4 is 17.2 Å². The molecule has 0 radical (unpaired) electrons. The van der Waals surface area contributed by atoms with E-state index in [4.69, 9.17) is 5.21 Å². The van der Waals surface area contributed by atoms with Gasteiger partial charge in [-0.2, -0.15) is 0 Å². The van der Waals surface area contributed by atoms with E-state index in [2.05, 4.69) is 0 Å². The van der Waals surface area contributed by atoms with Gasteiger partial charge >= 0.3 is 0 Å². The minimum absolute atomic E-state index is 0.459. The van der Waals surface area contributed by atoms with Gasteiger partial charge in [-0.1, -0.05) is 19.1 Å². The minimum atomic E-state index is -0.459. The Morgan fingerprint density at radius 2 is 2.24 bits per heavy atom.